The van der Waals surface area contributed by atoms with Gasteiger partial charge >= 0.3 is 0 Å². The summed E-state index contributed by atoms with van der Waals surface area (Å²) in [6, 6.07) is 10.9. The van der Waals surface area contributed by atoms with Gasteiger partial charge in [0, 0.05) is 6.54 Å². The van der Waals surface area contributed by atoms with Gasteiger partial charge in [-0.2, -0.15) is 0 Å². The second-order valence-corrected chi connectivity index (χ2v) is 6.23. The number of carbonyl (C=O) groups excluding carboxylic acids is 1. The standard InChI is InChI=1S/C20H19N5O2/c1-2-14-8-9-17-15(12-14)20(26)23-18-7-5-6-16(22-18)19-24-21-13-25(19)10-3-4-11-27-17/h2,5-9,12-13H,1,3-4,10-11H2,(H,22,23,26). The van der Waals surface area contributed by atoms with Crippen LogP contribution in [0.1, 0.15) is 28.8 Å². The van der Waals surface area contributed by atoms with Crippen LogP contribution >= 0.6 is 0 Å². The Hall–Kier alpha value is -3.48. The Bertz CT molecular complexity index is 996. The molecular weight excluding hydrogens is 342 g/mol. The van der Waals surface area contributed by atoms with Gasteiger partial charge in [-0.3, -0.25) is 4.79 Å². The van der Waals surface area contributed by atoms with Crippen molar-refractivity contribution in [3.8, 4) is 17.3 Å². The van der Waals surface area contributed by atoms with Gasteiger partial charge in [-0.1, -0.05) is 24.8 Å². The Morgan fingerprint density at radius 1 is 1.22 bits per heavy atom. The molecule has 1 aliphatic rings. The quantitative estimate of drug-likeness (QED) is 0.718. The summed E-state index contributed by atoms with van der Waals surface area (Å²) in [5, 5.41) is 11.0. The molecule has 1 aromatic carbocycles. The van der Waals surface area contributed by atoms with E-state index in [1.165, 1.54) is 0 Å². The number of fused-ring (bicyclic) bond motifs is 5. The molecule has 3 heterocycles. The second kappa shape index (κ2) is 7.41. The number of benzene rings is 1. The first kappa shape index (κ1) is 17.0. The van der Waals surface area contributed by atoms with Gasteiger partial charge in [0.05, 0.1) is 12.2 Å². The fourth-order valence-corrected chi connectivity index (χ4v) is 2.97. The van der Waals surface area contributed by atoms with E-state index in [1.807, 2.05) is 22.8 Å². The van der Waals surface area contributed by atoms with Crippen molar-refractivity contribution in [2.45, 2.75) is 19.4 Å². The van der Waals surface area contributed by atoms with E-state index < -0.39 is 0 Å². The molecule has 0 spiro atoms. The largest absolute Gasteiger partial charge is 0.493 e. The van der Waals surface area contributed by atoms with Crippen LogP contribution in [-0.2, 0) is 6.54 Å². The molecule has 1 amide bonds. The molecule has 1 aliphatic heterocycles. The number of pyridine rings is 1. The maximum absolute atomic E-state index is 12.8. The summed E-state index contributed by atoms with van der Waals surface area (Å²) in [6.45, 7) is 5.06. The van der Waals surface area contributed by atoms with Crippen molar-refractivity contribution in [2.24, 2.45) is 0 Å². The number of nitrogens with zero attached hydrogens (tertiary/aromatic N) is 4. The second-order valence-electron chi connectivity index (χ2n) is 6.23. The van der Waals surface area contributed by atoms with Gasteiger partial charge in [-0.15, -0.1) is 10.2 Å². The molecule has 7 nitrogen and oxygen atoms in total. The third kappa shape index (κ3) is 3.57. The van der Waals surface area contributed by atoms with Gasteiger partial charge in [-0.05, 0) is 42.7 Å². The topological polar surface area (TPSA) is 81.9 Å². The fraction of sp³-hybridized carbons (Fsp3) is 0.200. The van der Waals surface area contributed by atoms with Gasteiger partial charge in [0.25, 0.3) is 5.91 Å². The van der Waals surface area contributed by atoms with Crippen LogP contribution in [0, 0.1) is 0 Å². The highest BCUT2D eigenvalue weighted by atomic mass is 16.5. The van der Waals surface area contributed by atoms with Crippen LogP contribution in [0.25, 0.3) is 17.6 Å². The lowest BCUT2D eigenvalue weighted by Gasteiger charge is -2.14. The number of nitrogens with one attached hydrogen (secondary N) is 1. The van der Waals surface area contributed by atoms with E-state index in [-0.39, 0.29) is 5.91 Å². The highest BCUT2D eigenvalue weighted by molar-refractivity contribution is 6.06. The number of anilines is 1. The zero-order valence-electron chi connectivity index (χ0n) is 14.8. The summed E-state index contributed by atoms with van der Waals surface area (Å²) in [4.78, 5) is 17.4. The van der Waals surface area contributed by atoms with Crippen molar-refractivity contribution >= 4 is 17.8 Å². The van der Waals surface area contributed by atoms with Gasteiger partial charge in [0.2, 0.25) is 0 Å². The van der Waals surface area contributed by atoms with Crippen molar-refractivity contribution < 1.29 is 9.53 Å². The third-order valence-corrected chi connectivity index (χ3v) is 4.37. The van der Waals surface area contributed by atoms with Crippen LogP contribution in [-0.4, -0.2) is 32.3 Å². The number of aromatic nitrogens is 4. The van der Waals surface area contributed by atoms with Crippen molar-refractivity contribution in [3.05, 3.63) is 60.4 Å². The number of amides is 1. The SMILES string of the molecule is C=Cc1ccc2c(c1)C(=O)Nc1cccc(n1)-c1nncn1CCCCO2. The first-order valence-corrected chi connectivity index (χ1v) is 8.80. The van der Waals surface area contributed by atoms with Crippen molar-refractivity contribution in [1.29, 1.82) is 0 Å². The lowest BCUT2D eigenvalue weighted by Crippen LogP contribution is -2.16. The van der Waals surface area contributed by atoms with Crippen LogP contribution in [0.5, 0.6) is 5.75 Å². The fourth-order valence-electron chi connectivity index (χ4n) is 2.97. The molecule has 0 radical (unpaired) electrons. The maximum Gasteiger partial charge on any atom is 0.260 e. The molecule has 7 heteroatoms. The number of ether oxygens (including phenoxy) is 1. The highest BCUT2D eigenvalue weighted by Gasteiger charge is 2.16. The molecule has 2 aromatic heterocycles. The molecule has 27 heavy (non-hydrogen) atoms. The van der Waals surface area contributed by atoms with Gasteiger partial charge < -0.3 is 14.6 Å². The Balaban J connectivity index is 1.75. The predicted octanol–water partition coefficient (Wildman–Crippen LogP) is 3.41. The van der Waals surface area contributed by atoms with Crippen LogP contribution in [0.15, 0.2) is 49.3 Å². The molecule has 4 rings (SSSR count). The summed E-state index contributed by atoms with van der Waals surface area (Å²) < 4.78 is 7.83. The van der Waals surface area contributed by atoms with Gasteiger partial charge in [0.1, 0.15) is 23.6 Å². The number of hydrogen-bond donors (Lipinski definition) is 1. The van der Waals surface area contributed by atoms with E-state index in [4.69, 9.17) is 4.74 Å². The lowest BCUT2D eigenvalue weighted by molar-refractivity contribution is 0.102. The zero-order chi connectivity index (χ0) is 18.6. The van der Waals surface area contributed by atoms with E-state index >= 15 is 0 Å². The first-order valence-electron chi connectivity index (χ1n) is 8.80. The molecule has 0 atom stereocenters. The summed E-state index contributed by atoms with van der Waals surface area (Å²) in [5.41, 5.74) is 1.97. The number of carbonyl (C=O) groups is 1. The van der Waals surface area contributed by atoms with E-state index in [2.05, 4.69) is 27.1 Å². The average Bonchev–Trinajstić information content (AvgIpc) is 3.16. The minimum atomic E-state index is -0.281. The summed E-state index contributed by atoms with van der Waals surface area (Å²) in [6.07, 6.45) is 5.14. The van der Waals surface area contributed by atoms with E-state index in [0.717, 1.165) is 24.9 Å². The van der Waals surface area contributed by atoms with Crippen molar-refractivity contribution in [2.75, 3.05) is 11.9 Å². The lowest BCUT2D eigenvalue weighted by atomic mass is 10.1. The van der Waals surface area contributed by atoms with Crippen LogP contribution < -0.4 is 10.1 Å². The Morgan fingerprint density at radius 2 is 2.15 bits per heavy atom. The van der Waals surface area contributed by atoms with Crippen molar-refractivity contribution in [3.63, 3.8) is 0 Å². The van der Waals surface area contributed by atoms with E-state index in [1.54, 1.807) is 30.6 Å². The average molecular weight is 361 g/mol. The molecule has 3 aromatic rings. The van der Waals surface area contributed by atoms with E-state index in [9.17, 15) is 4.79 Å². The van der Waals surface area contributed by atoms with Gasteiger partial charge in [0.15, 0.2) is 5.82 Å². The first-order chi connectivity index (χ1) is 13.2. The highest BCUT2D eigenvalue weighted by Crippen LogP contribution is 2.24. The van der Waals surface area contributed by atoms with Crippen molar-refractivity contribution in [1.82, 2.24) is 19.7 Å². The van der Waals surface area contributed by atoms with E-state index in [0.29, 0.717) is 35.3 Å². The molecule has 1 N–H and O–H groups in total. The Labute approximate surface area is 156 Å². The third-order valence-electron chi connectivity index (χ3n) is 4.37. The van der Waals surface area contributed by atoms with Crippen LogP contribution in [0.2, 0.25) is 0 Å². The number of hydrogen-bond acceptors (Lipinski definition) is 5. The predicted molar refractivity (Wildman–Crippen MR) is 102 cm³/mol. The smallest absolute Gasteiger partial charge is 0.260 e. The molecule has 0 fully saturated rings. The minimum Gasteiger partial charge on any atom is -0.493 e. The molecule has 0 saturated heterocycles. The molecule has 136 valence electrons. The molecular formula is C20H19N5O2. The van der Waals surface area contributed by atoms with Gasteiger partial charge in [-0.25, -0.2) is 4.98 Å². The zero-order valence-corrected chi connectivity index (χ0v) is 14.8. The number of rotatable bonds is 1. The molecule has 2 bridgehead atoms. The van der Waals surface area contributed by atoms with Crippen LogP contribution in [0.3, 0.4) is 0 Å². The summed E-state index contributed by atoms with van der Waals surface area (Å²) in [5.74, 6) is 1.39. The Kier molecular flexibility index (Phi) is 4.65. The minimum absolute atomic E-state index is 0.281. The molecule has 0 aliphatic carbocycles. The van der Waals surface area contributed by atoms with Crippen LogP contribution in [0.4, 0.5) is 5.82 Å². The Morgan fingerprint density at radius 3 is 3.04 bits per heavy atom. The monoisotopic (exact) mass is 361 g/mol. The normalized spacial score (nSPS) is 14.1. The summed E-state index contributed by atoms with van der Waals surface area (Å²) >= 11 is 0. The molecule has 0 unspecified atom stereocenters. The molecule has 0 saturated carbocycles. The maximum atomic E-state index is 12.8. The number of aryl methyl sites for hydroxylation is 1. The summed E-state index contributed by atoms with van der Waals surface area (Å²) in [7, 11) is 0.